The molecule has 1 aliphatic rings. The molecule has 0 bridgehead atoms. The summed E-state index contributed by atoms with van der Waals surface area (Å²) in [4.78, 5) is 14.5. The Bertz CT molecular complexity index is 508. The molecule has 2 rings (SSSR count). The van der Waals surface area contributed by atoms with Crippen molar-refractivity contribution in [3.63, 3.8) is 0 Å². The average Bonchev–Trinajstić information content (AvgIpc) is 2.47. The second kappa shape index (κ2) is 6.58. The van der Waals surface area contributed by atoms with Crippen molar-refractivity contribution in [2.45, 2.75) is 32.0 Å². The lowest BCUT2D eigenvalue weighted by Gasteiger charge is -2.37. The maximum absolute atomic E-state index is 12.8. The van der Waals surface area contributed by atoms with Crippen LogP contribution in [-0.2, 0) is 9.53 Å². The summed E-state index contributed by atoms with van der Waals surface area (Å²) in [5.41, 5.74) is 6.46. The van der Waals surface area contributed by atoms with Gasteiger partial charge in [0.15, 0.2) is 5.84 Å². The van der Waals surface area contributed by atoms with Crippen LogP contribution in [0.4, 0.5) is 0 Å². The highest BCUT2D eigenvalue weighted by atomic mass is 16.5. The van der Waals surface area contributed by atoms with Crippen molar-refractivity contribution in [1.29, 1.82) is 0 Å². The van der Waals surface area contributed by atoms with Crippen LogP contribution in [0, 0.1) is 0 Å². The summed E-state index contributed by atoms with van der Waals surface area (Å²) in [6.45, 7) is 4.87. The van der Waals surface area contributed by atoms with Gasteiger partial charge in [-0.25, -0.2) is 0 Å². The number of amidine groups is 1. The number of carbonyl (C=O) groups is 1. The minimum Gasteiger partial charge on any atom is -0.409 e. The first-order chi connectivity index (χ1) is 10.0. The van der Waals surface area contributed by atoms with Crippen LogP contribution in [0.5, 0.6) is 0 Å². The standard InChI is InChI=1S/C15H21N3O3/c1-10-8-18(9-11(2)21-10)15(19)13(14(16)17-20)12-6-4-3-5-7-12/h3-7,10-11,13,20H,8-9H2,1-2H3,(H2,16,17)/t10-,11+,13?. The molecule has 0 aromatic heterocycles. The molecule has 114 valence electrons. The molecule has 1 saturated heterocycles. The number of morpholine rings is 1. The zero-order chi connectivity index (χ0) is 15.4. The highest BCUT2D eigenvalue weighted by molar-refractivity contribution is 6.07. The SMILES string of the molecule is C[C@@H]1CN(C(=O)C(/C(N)=N/O)c2ccccc2)C[C@H](C)O1. The molecule has 1 amide bonds. The van der Waals surface area contributed by atoms with E-state index < -0.39 is 5.92 Å². The molecule has 0 radical (unpaired) electrons. The Hall–Kier alpha value is -2.08. The fraction of sp³-hybridized carbons (Fsp3) is 0.467. The molecule has 1 unspecified atom stereocenters. The van der Waals surface area contributed by atoms with Crippen molar-refractivity contribution < 1.29 is 14.7 Å². The number of hydrogen-bond acceptors (Lipinski definition) is 4. The van der Waals surface area contributed by atoms with Crippen molar-refractivity contribution in [3.05, 3.63) is 35.9 Å². The molecule has 1 heterocycles. The molecule has 1 fully saturated rings. The molecule has 1 aliphatic heterocycles. The molecule has 1 aromatic carbocycles. The van der Waals surface area contributed by atoms with Crippen molar-refractivity contribution in [2.75, 3.05) is 13.1 Å². The van der Waals surface area contributed by atoms with E-state index in [1.165, 1.54) is 0 Å². The smallest absolute Gasteiger partial charge is 0.238 e. The lowest BCUT2D eigenvalue weighted by Crippen LogP contribution is -2.51. The average molecular weight is 291 g/mol. The largest absolute Gasteiger partial charge is 0.409 e. The Kier molecular flexibility index (Phi) is 4.80. The predicted octanol–water partition coefficient (Wildman–Crippen LogP) is 1.15. The van der Waals surface area contributed by atoms with Gasteiger partial charge in [-0.1, -0.05) is 35.5 Å². The zero-order valence-corrected chi connectivity index (χ0v) is 12.3. The van der Waals surface area contributed by atoms with E-state index in [-0.39, 0.29) is 24.0 Å². The van der Waals surface area contributed by atoms with E-state index in [1.54, 1.807) is 17.0 Å². The Morgan fingerprint density at radius 3 is 2.43 bits per heavy atom. The van der Waals surface area contributed by atoms with Gasteiger partial charge in [0.25, 0.3) is 0 Å². The third-order valence-electron chi connectivity index (χ3n) is 3.52. The molecule has 6 heteroatoms. The van der Waals surface area contributed by atoms with Gasteiger partial charge in [0.1, 0.15) is 5.92 Å². The lowest BCUT2D eigenvalue weighted by molar-refractivity contribution is -0.143. The second-order valence-electron chi connectivity index (χ2n) is 5.37. The van der Waals surface area contributed by atoms with E-state index in [2.05, 4.69) is 5.16 Å². The number of ether oxygens (including phenoxy) is 1. The van der Waals surface area contributed by atoms with Crippen LogP contribution in [0.3, 0.4) is 0 Å². The molecule has 21 heavy (non-hydrogen) atoms. The van der Waals surface area contributed by atoms with Gasteiger partial charge in [0.2, 0.25) is 5.91 Å². The Balaban J connectivity index is 2.27. The molecular formula is C15H21N3O3. The third-order valence-corrected chi connectivity index (χ3v) is 3.52. The van der Waals surface area contributed by atoms with Gasteiger partial charge >= 0.3 is 0 Å². The summed E-state index contributed by atoms with van der Waals surface area (Å²) in [5.74, 6) is -1.04. The molecule has 3 atom stereocenters. The maximum Gasteiger partial charge on any atom is 0.238 e. The van der Waals surface area contributed by atoms with Crippen LogP contribution in [0.15, 0.2) is 35.5 Å². The fourth-order valence-corrected chi connectivity index (χ4v) is 2.68. The first-order valence-electron chi connectivity index (χ1n) is 6.99. The first-order valence-corrected chi connectivity index (χ1v) is 6.99. The highest BCUT2D eigenvalue weighted by Gasteiger charge is 2.33. The van der Waals surface area contributed by atoms with Crippen LogP contribution >= 0.6 is 0 Å². The lowest BCUT2D eigenvalue weighted by atomic mass is 9.96. The van der Waals surface area contributed by atoms with Gasteiger partial charge in [-0.15, -0.1) is 0 Å². The van der Waals surface area contributed by atoms with Crippen LogP contribution in [0.25, 0.3) is 0 Å². The minimum atomic E-state index is -0.770. The molecule has 6 nitrogen and oxygen atoms in total. The number of amides is 1. The number of oxime groups is 1. The topological polar surface area (TPSA) is 88.2 Å². The van der Waals surface area contributed by atoms with Crippen LogP contribution in [0.1, 0.15) is 25.3 Å². The van der Waals surface area contributed by atoms with E-state index in [9.17, 15) is 4.79 Å². The summed E-state index contributed by atoms with van der Waals surface area (Å²) in [6, 6.07) is 9.10. The number of nitrogens with two attached hydrogens (primary N) is 1. The predicted molar refractivity (Wildman–Crippen MR) is 79.2 cm³/mol. The van der Waals surface area contributed by atoms with Crippen LogP contribution in [0.2, 0.25) is 0 Å². The second-order valence-corrected chi connectivity index (χ2v) is 5.37. The van der Waals surface area contributed by atoms with Gasteiger partial charge in [0, 0.05) is 13.1 Å². The number of nitrogens with zero attached hydrogens (tertiary/aromatic N) is 2. The van der Waals surface area contributed by atoms with Crippen molar-refractivity contribution in [2.24, 2.45) is 10.9 Å². The summed E-state index contributed by atoms with van der Waals surface area (Å²) in [6.07, 6.45) is -0.0529. The molecule has 0 saturated carbocycles. The van der Waals surface area contributed by atoms with Crippen molar-refractivity contribution in [3.8, 4) is 0 Å². The molecule has 0 aliphatic carbocycles. The van der Waals surface area contributed by atoms with Gasteiger partial charge < -0.3 is 20.6 Å². The number of hydrogen-bond donors (Lipinski definition) is 2. The summed E-state index contributed by atoms with van der Waals surface area (Å²) >= 11 is 0. The normalized spacial score (nSPS) is 24.7. The first kappa shape index (κ1) is 15.3. The van der Waals surface area contributed by atoms with Crippen LogP contribution < -0.4 is 5.73 Å². The molecule has 1 aromatic rings. The van der Waals surface area contributed by atoms with E-state index >= 15 is 0 Å². The van der Waals surface area contributed by atoms with Crippen molar-refractivity contribution >= 4 is 11.7 Å². The Morgan fingerprint density at radius 1 is 1.33 bits per heavy atom. The van der Waals surface area contributed by atoms with E-state index in [0.29, 0.717) is 18.7 Å². The molecule has 0 spiro atoms. The number of rotatable bonds is 3. The molecule has 3 N–H and O–H groups in total. The third kappa shape index (κ3) is 3.52. The Labute approximate surface area is 124 Å². The monoisotopic (exact) mass is 291 g/mol. The number of carbonyl (C=O) groups excluding carboxylic acids is 1. The quantitative estimate of drug-likeness (QED) is 0.378. The van der Waals surface area contributed by atoms with Gasteiger partial charge in [-0.3, -0.25) is 4.79 Å². The zero-order valence-electron chi connectivity index (χ0n) is 12.3. The minimum absolute atomic E-state index is 0.0265. The van der Waals surface area contributed by atoms with E-state index in [1.807, 2.05) is 32.0 Å². The van der Waals surface area contributed by atoms with Gasteiger partial charge in [0.05, 0.1) is 12.2 Å². The van der Waals surface area contributed by atoms with E-state index in [4.69, 9.17) is 15.7 Å². The summed E-state index contributed by atoms with van der Waals surface area (Å²) in [7, 11) is 0. The molecular weight excluding hydrogens is 270 g/mol. The Morgan fingerprint density at radius 2 is 1.90 bits per heavy atom. The van der Waals surface area contributed by atoms with Gasteiger partial charge in [-0.2, -0.15) is 0 Å². The van der Waals surface area contributed by atoms with Gasteiger partial charge in [-0.05, 0) is 19.4 Å². The van der Waals surface area contributed by atoms with E-state index in [0.717, 1.165) is 0 Å². The fourth-order valence-electron chi connectivity index (χ4n) is 2.68. The summed E-state index contributed by atoms with van der Waals surface area (Å²) in [5, 5.41) is 12.0. The number of benzene rings is 1. The summed E-state index contributed by atoms with van der Waals surface area (Å²) < 4.78 is 5.63. The van der Waals surface area contributed by atoms with Crippen LogP contribution in [-0.4, -0.2) is 47.1 Å². The van der Waals surface area contributed by atoms with Crippen molar-refractivity contribution in [1.82, 2.24) is 4.90 Å². The maximum atomic E-state index is 12.8. The highest BCUT2D eigenvalue weighted by Crippen LogP contribution is 2.21.